The Balaban J connectivity index is 3.29. The van der Waals surface area contributed by atoms with Gasteiger partial charge >= 0.3 is 0 Å². The van der Waals surface area contributed by atoms with Crippen molar-refractivity contribution in [2.75, 3.05) is 47.6 Å². The molecule has 0 aliphatic carbocycles. The maximum absolute atomic E-state index is 11.3. The van der Waals surface area contributed by atoms with E-state index >= 15 is 0 Å². The van der Waals surface area contributed by atoms with E-state index in [9.17, 15) is 9.90 Å². The number of thioether (sulfide) groups is 4. The smallest absolute Gasteiger partial charge is 0.230 e. The number of aliphatic hydroxyl groups excluding tert-OH is 1. The first-order chi connectivity index (χ1) is 10.7. The molecule has 0 spiro atoms. The van der Waals surface area contributed by atoms with Gasteiger partial charge in [-0.2, -0.15) is 23.5 Å². The van der Waals surface area contributed by atoms with Crippen LogP contribution in [-0.4, -0.2) is 64.8 Å². The molecule has 0 aromatic heterocycles. The predicted octanol–water partition coefficient (Wildman–Crippen LogP) is 2.45. The molecule has 1 atom stereocenters. The van der Waals surface area contributed by atoms with Gasteiger partial charge in [-0.1, -0.05) is 13.8 Å². The second-order valence-electron chi connectivity index (χ2n) is 4.13. The van der Waals surface area contributed by atoms with Crippen LogP contribution in [0, 0.1) is 0 Å². The van der Waals surface area contributed by atoms with Crippen LogP contribution < -0.4 is 10.6 Å². The number of nitrogens with one attached hydrogen (secondary N) is 2. The van der Waals surface area contributed by atoms with E-state index in [1.165, 1.54) is 0 Å². The van der Waals surface area contributed by atoms with Gasteiger partial charge in [0, 0.05) is 30.3 Å². The fourth-order valence-electron chi connectivity index (χ4n) is 1.28. The fraction of sp³-hybridized carbons (Fsp3) is 0.786. The SMILES string of the molecule is CCSCC(=O)NCCSC=CSCCNC(O)CSCC. The minimum Gasteiger partial charge on any atom is -0.378 e. The third-order valence-electron chi connectivity index (χ3n) is 2.31. The van der Waals surface area contributed by atoms with E-state index in [-0.39, 0.29) is 5.91 Å². The van der Waals surface area contributed by atoms with E-state index in [0.29, 0.717) is 12.3 Å². The molecule has 0 aromatic rings. The van der Waals surface area contributed by atoms with Crippen LogP contribution in [0.2, 0.25) is 0 Å². The summed E-state index contributed by atoms with van der Waals surface area (Å²) in [6.45, 7) is 5.66. The van der Waals surface area contributed by atoms with Crippen LogP contribution in [0.1, 0.15) is 13.8 Å². The lowest BCUT2D eigenvalue weighted by molar-refractivity contribution is -0.118. The molecule has 0 heterocycles. The van der Waals surface area contributed by atoms with Crippen molar-refractivity contribution >= 4 is 53.0 Å². The van der Waals surface area contributed by atoms with E-state index in [0.717, 1.165) is 35.3 Å². The van der Waals surface area contributed by atoms with Gasteiger partial charge in [-0.15, -0.1) is 23.5 Å². The second-order valence-corrected chi connectivity index (χ2v) is 8.75. The zero-order valence-electron chi connectivity index (χ0n) is 13.4. The molecule has 0 saturated heterocycles. The van der Waals surface area contributed by atoms with Crippen molar-refractivity contribution in [1.82, 2.24) is 10.6 Å². The number of hydrogen-bond acceptors (Lipinski definition) is 7. The van der Waals surface area contributed by atoms with Gasteiger partial charge in [0.25, 0.3) is 0 Å². The number of amides is 1. The molecule has 0 rings (SSSR count). The Labute approximate surface area is 151 Å². The minimum atomic E-state index is -0.404. The van der Waals surface area contributed by atoms with Crippen molar-refractivity contribution in [2.45, 2.75) is 20.1 Å². The summed E-state index contributed by atoms with van der Waals surface area (Å²) >= 11 is 6.80. The Bertz CT molecular complexity index is 294. The van der Waals surface area contributed by atoms with Crippen molar-refractivity contribution in [3.63, 3.8) is 0 Å². The molecular formula is C14H28N2O2S4. The Morgan fingerprint density at radius 1 is 1.09 bits per heavy atom. The lowest BCUT2D eigenvalue weighted by Gasteiger charge is -2.10. The van der Waals surface area contributed by atoms with E-state index in [4.69, 9.17) is 0 Å². The molecule has 0 bridgehead atoms. The molecule has 8 heteroatoms. The van der Waals surface area contributed by atoms with Crippen molar-refractivity contribution in [3.05, 3.63) is 10.8 Å². The number of carbonyl (C=O) groups excluding carboxylic acids is 1. The molecule has 0 aliphatic rings. The molecule has 1 unspecified atom stereocenters. The predicted molar refractivity (Wildman–Crippen MR) is 107 cm³/mol. The summed E-state index contributed by atoms with van der Waals surface area (Å²) < 4.78 is 0. The van der Waals surface area contributed by atoms with Crippen LogP contribution in [0.15, 0.2) is 10.8 Å². The molecule has 0 aliphatic heterocycles. The Morgan fingerprint density at radius 3 is 2.36 bits per heavy atom. The minimum absolute atomic E-state index is 0.122. The van der Waals surface area contributed by atoms with Crippen molar-refractivity contribution in [3.8, 4) is 0 Å². The molecule has 0 fully saturated rings. The Hall–Kier alpha value is 0.530. The summed E-state index contributed by atoms with van der Waals surface area (Å²) in [7, 11) is 0. The number of aliphatic hydroxyl groups is 1. The van der Waals surface area contributed by atoms with Gasteiger partial charge < -0.3 is 10.4 Å². The lowest BCUT2D eigenvalue weighted by Crippen LogP contribution is -2.32. The molecule has 1 amide bonds. The third-order valence-corrected chi connectivity index (χ3v) is 5.85. The van der Waals surface area contributed by atoms with Crippen LogP contribution in [0.5, 0.6) is 0 Å². The van der Waals surface area contributed by atoms with Gasteiger partial charge in [-0.05, 0) is 22.3 Å². The van der Waals surface area contributed by atoms with Crippen LogP contribution in [-0.2, 0) is 4.79 Å². The van der Waals surface area contributed by atoms with Crippen LogP contribution >= 0.6 is 47.0 Å². The largest absolute Gasteiger partial charge is 0.378 e. The van der Waals surface area contributed by atoms with E-state index in [2.05, 4.69) is 35.3 Å². The number of carbonyl (C=O) groups is 1. The monoisotopic (exact) mass is 384 g/mol. The summed E-state index contributed by atoms with van der Waals surface area (Å²) in [4.78, 5) is 11.3. The zero-order valence-corrected chi connectivity index (χ0v) is 16.6. The van der Waals surface area contributed by atoms with Gasteiger partial charge in [0.2, 0.25) is 5.91 Å². The molecule has 4 nitrogen and oxygen atoms in total. The summed E-state index contributed by atoms with van der Waals surface area (Å²) in [5.74, 6) is 5.27. The molecule has 22 heavy (non-hydrogen) atoms. The maximum atomic E-state index is 11.3. The highest BCUT2D eigenvalue weighted by Crippen LogP contribution is 2.08. The molecular weight excluding hydrogens is 356 g/mol. The first-order valence-corrected chi connectivity index (χ1v) is 11.8. The van der Waals surface area contributed by atoms with E-state index < -0.39 is 6.23 Å². The van der Waals surface area contributed by atoms with E-state index in [1.54, 1.807) is 47.0 Å². The average molecular weight is 385 g/mol. The maximum Gasteiger partial charge on any atom is 0.230 e. The highest BCUT2D eigenvalue weighted by Gasteiger charge is 2.00. The lowest BCUT2D eigenvalue weighted by atomic mass is 10.6. The summed E-state index contributed by atoms with van der Waals surface area (Å²) in [6, 6.07) is 0. The number of hydrogen-bond donors (Lipinski definition) is 3. The standard InChI is InChI=1S/C14H28N2O2S4/c1-3-19-11-13(17)15-5-7-21-9-10-22-8-6-16-14(18)12-20-4-2/h9-10,13,15,17H,3-8,11-12H2,1-2H3,(H,16,18). The quantitative estimate of drug-likeness (QED) is 0.296. The van der Waals surface area contributed by atoms with Crippen LogP contribution in [0.25, 0.3) is 0 Å². The van der Waals surface area contributed by atoms with Gasteiger partial charge in [0.05, 0.1) is 5.75 Å². The summed E-state index contributed by atoms with van der Waals surface area (Å²) in [5.41, 5.74) is 0. The average Bonchev–Trinajstić information content (AvgIpc) is 2.52. The molecule has 3 N–H and O–H groups in total. The zero-order chi connectivity index (χ0) is 16.5. The first-order valence-electron chi connectivity index (χ1n) is 7.42. The van der Waals surface area contributed by atoms with Crippen molar-refractivity contribution in [2.24, 2.45) is 0 Å². The number of rotatable bonds is 15. The highest BCUT2D eigenvalue weighted by molar-refractivity contribution is 8.05. The first kappa shape index (κ1) is 22.5. The van der Waals surface area contributed by atoms with Crippen LogP contribution in [0.4, 0.5) is 0 Å². The van der Waals surface area contributed by atoms with E-state index in [1.807, 2.05) is 0 Å². The topological polar surface area (TPSA) is 61.4 Å². The summed E-state index contributed by atoms with van der Waals surface area (Å²) in [6.07, 6.45) is -0.404. The highest BCUT2D eigenvalue weighted by atomic mass is 32.2. The summed E-state index contributed by atoms with van der Waals surface area (Å²) in [5, 5.41) is 19.7. The van der Waals surface area contributed by atoms with Gasteiger partial charge in [0.15, 0.2) is 0 Å². The second kappa shape index (κ2) is 17.9. The fourth-order valence-corrected chi connectivity index (χ4v) is 3.71. The molecule has 0 radical (unpaired) electrons. The Morgan fingerprint density at radius 2 is 1.73 bits per heavy atom. The van der Waals surface area contributed by atoms with Gasteiger partial charge in [-0.25, -0.2) is 0 Å². The van der Waals surface area contributed by atoms with Crippen molar-refractivity contribution in [1.29, 1.82) is 0 Å². The van der Waals surface area contributed by atoms with Gasteiger partial charge in [0.1, 0.15) is 6.23 Å². The Kier molecular flexibility index (Phi) is 18.3. The van der Waals surface area contributed by atoms with Gasteiger partial charge in [-0.3, -0.25) is 10.1 Å². The molecule has 0 saturated carbocycles. The normalized spacial score (nSPS) is 12.7. The molecule has 130 valence electrons. The van der Waals surface area contributed by atoms with Crippen LogP contribution in [0.3, 0.4) is 0 Å². The van der Waals surface area contributed by atoms with Crippen molar-refractivity contribution < 1.29 is 9.90 Å². The third kappa shape index (κ3) is 16.9. The molecule has 0 aromatic carbocycles.